The van der Waals surface area contributed by atoms with Crippen LogP contribution in [0.4, 0.5) is 23.3 Å². The molecule has 0 bridgehead atoms. The monoisotopic (exact) mass is 595 g/mol. The predicted molar refractivity (Wildman–Crippen MR) is 156 cm³/mol. The van der Waals surface area contributed by atoms with Crippen molar-refractivity contribution >= 4 is 51.5 Å². The van der Waals surface area contributed by atoms with Crippen molar-refractivity contribution in [3.05, 3.63) is 34.5 Å². The highest BCUT2D eigenvalue weighted by Crippen LogP contribution is 2.37. The first-order valence-electron chi connectivity index (χ1n) is 13.5. The number of hydrogen-bond donors (Lipinski definition) is 2. The van der Waals surface area contributed by atoms with Gasteiger partial charge in [-0.1, -0.05) is 11.6 Å². The second-order valence-corrected chi connectivity index (χ2v) is 12.3. The molecule has 2 N–H and O–H groups in total. The van der Waals surface area contributed by atoms with Crippen molar-refractivity contribution in [2.24, 2.45) is 0 Å². The molecule has 214 valence electrons. The molecule has 3 aliphatic rings. The minimum absolute atomic E-state index is 0.253. The standard InChI is InChI=1S/C26H30ClN11O2S/c1-40-8-9-41(39)37-15-20(16-37)35-4-6-36(7-5-35)22-11-17(12-28)10-21(23(22)27)32-25-33-24-18(13-29)14-30-38(24)26(34-25)31-19-2-3-19/h10-11,14,19-20H,2-9,15-16H2,1H3,(H2,31,32,33,34). The number of halogens is 1. The van der Waals surface area contributed by atoms with Gasteiger partial charge in [0.1, 0.15) is 11.6 Å². The summed E-state index contributed by atoms with van der Waals surface area (Å²) in [6.45, 7) is 5.26. The summed E-state index contributed by atoms with van der Waals surface area (Å²) < 4.78 is 20.9. The van der Waals surface area contributed by atoms with E-state index in [4.69, 9.17) is 16.3 Å². The zero-order chi connectivity index (χ0) is 28.5. The molecule has 4 heterocycles. The number of rotatable bonds is 10. The van der Waals surface area contributed by atoms with Crippen LogP contribution in [0.15, 0.2) is 18.3 Å². The highest BCUT2D eigenvalue weighted by Gasteiger charge is 2.36. The summed E-state index contributed by atoms with van der Waals surface area (Å²) >= 11 is 6.92. The van der Waals surface area contributed by atoms with Gasteiger partial charge in [-0.15, -0.1) is 0 Å². The number of anilines is 4. The lowest BCUT2D eigenvalue weighted by Gasteiger charge is -2.47. The van der Waals surface area contributed by atoms with Crippen molar-refractivity contribution in [2.75, 3.05) is 74.3 Å². The van der Waals surface area contributed by atoms with Gasteiger partial charge >= 0.3 is 0 Å². The topological polar surface area (TPSA) is 151 Å². The van der Waals surface area contributed by atoms with Crippen molar-refractivity contribution in [1.82, 2.24) is 28.8 Å². The molecule has 1 atom stereocenters. The van der Waals surface area contributed by atoms with Crippen LogP contribution in [0.25, 0.3) is 5.65 Å². The summed E-state index contributed by atoms with van der Waals surface area (Å²) in [5, 5.41) is 30.6. The maximum atomic E-state index is 12.3. The Morgan fingerprint density at radius 3 is 2.61 bits per heavy atom. The maximum Gasteiger partial charge on any atom is 0.232 e. The average Bonchev–Trinajstić information content (AvgIpc) is 3.68. The number of nitrogens with one attached hydrogen (secondary N) is 2. The lowest BCUT2D eigenvalue weighted by Crippen LogP contribution is -2.63. The molecule has 1 unspecified atom stereocenters. The van der Waals surface area contributed by atoms with Gasteiger partial charge in [-0.2, -0.15) is 30.1 Å². The van der Waals surface area contributed by atoms with E-state index in [1.165, 1.54) is 10.7 Å². The van der Waals surface area contributed by atoms with Gasteiger partial charge in [-0.25, -0.2) is 8.51 Å². The van der Waals surface area contributed by atoms with Crippen molar-refractivity contribution in [1.29, 1.82) is 10.5 Å². The van der Waals surface area contributed by atoms with E-state index < -0.39 is 11.0 Å². The van der Waals surface area contributed by atoms with E-state index in [0.717, 1.165) is 57.8 Å². The molecule has 1 aliphatic carbocycles. The number of nitriles is 2. The summed E-state index contributed by atoms with van der Waals surface area (Å²) in [7, 11) is 0.627. The second kappa shape index (κ2) is 11.8. The van der Waals surface area contributed by atoms with E-state index in [1.807, 2.05) is 10.4 Å². The van der Waals surface area contributed by atoms with Gasteiger partial charge in [0.15, 0.2) is 5.65 Å². The van der Waals surface area contributed by atoms with E-state index in [1.54, 1.807) is 13.2 Å². The normalized spacial score (nSPS) is 19.0. The Morgan fingerprint density at radius 2 is 1.93 bits per heavy atom. The fourth-order valence-electron chi connectivity index (χ4n) is 5.06. The molecule has 2 aliphatic heterocycles. The molecule has 1 saturated carbocycles. The Hall–Kier alpha value is -3.53. The third kappa shape index (κ3) is 5.80. The van der Waals surface area contributed by atoms with E-state index in [-0.39, 0.29) is 5.95 Å². The third-order valence-electron chi connectivity index (χ3n) is 7.58. The molecule has 15 heteroatoms. The quantitative estimate of drug-likeness (QED) is 0.354. The van der Waals surface area contributed by atoms with Crippen LogP contribution in [-0.4, -0.2) is 104 Å². The molecular formula is C26H30ClN11O2S. The van der Waals surface area contributed by atoms with Crippen LogP contribution in [0.1, 0.15) is 24.0 Å². The zero-order valence-electron chi connectivity index (χ0n) is 22.6. The molecule has 3 fully saturated rings. The van der Waals surface area contributed by atoms with Gasteiger partial charge in [0, 0.05) is 58.5 Å². The second-order valence-electron chi connectivity index (χ2n) is 10.3. The number of benzene rings is 1. The molecule has 0 amide bonds. The molecule has 2 aromatic heterocycles. The van der Waals surface area contributed by atoms with Crippen LogP contribution in [0.2, 0.25) is 5.02 Å². The highest BCUT2D eigenvalue weighted by molar-refractivity contribution is 7.82. The fraction of sp³-hybridized carbons (Fsp3) is 0.500. The predicted octanol–water partition coefficient (Wildman–Crippen LogP) is 1.96. The van der Waals surface area contributed by atoms with Crippen LogP contribution in [-0.2, 0) is 15.7 Å². The highest BCUT2D eigenvalue weighted by atomic mass is 35.5. The molecule has 2 saturated heterocycles. The SMILES string of the molecule is COCCS(=O)N1CC(N2CCN(c3cc(C#N)cc(Nc4nc(NC5CC5)n5ncc(C#N)c5n4)c3Cl)CC2)C1. The number of ether oxygens (including phenoxy) is 1. The summed E-state index contributed by atoms with van der Waals surface area (Å²) in [5.74, 6) is 1.27. The van der Waals surface area contributed by atoms with Crippen LogP contribution >= 0.6 is 11.6 Å². The lowest BCUT2D eigenvalue weighted by atomic mass is 10.1. The number of fused-ring (bicyclic) bond motifs is 1. The summed E-state index contributed by atoms with van der Waals surface area (Å²) in [6.07, 6.45) is 3.55. The van der Waals surface area contributed by atoms with Gasteiger partial charge in [0.25, 0.3) is 0 Å². The average molecular weight is 596 g/mol. The van der Waals surface area contributed by atoms with Crippen LogP contribution in [0.3, 0.4) is 0 Å². The van der Waals surface area contributed by atoms with E-state index >= 15 is 0 Å². The van der Waals surface area contributed by atoms with Gasteiger partial charge in [0.2, 0.25) is 11.9 Å². The minimum Gasteiger partial charge on any atom is -0.384 e. The Kier molecular flexibility index (Phi) is 7.92. The number of aromatic nitrogens is 4. The summed E-state index contributed by atoms with van der Waals surface area (Å²) in [4.78, 5) is 13.8. The van der Waals surface area contributed by atoms with Gasteiger partial charge in [-0.05, 0) is 25.0 Å². The third-order valence-corrected chi connectivity index (χ3v) is 9.37. The molecule has 1 aromatic carbocycles. The molecule has 41 heavy (non-hydrogen) atoms. The Labute approximate surface area is 245 Å². The number of methoxy groups -OCH3 is 1. The molecule has 3 aromatic rings. The van der Waals surface area contributed by atoms with Gasteiger partial charge in [0.05, 0.1) is 57.6 Å². The first-order valence-corrected chi connectivity index (χ1v) is 15.2. The van der Waals surface area contributed by atoms with Crippen molar-refractivity contribution in [3.8, 4) is 12.1 Å². The van der Waals surface area contributed by atoms with E-state index in [0.29, 0.717) is 57.9 Å². The van der Waals surface area contributed by atoms with Gasteiger partial charge in [-0.3, -0.25) is 4.90 Å². The summed E-state index contributed by atoms with van der Waals surface area (Å²) in [5.41, 5.74) is 2.45. The van der Waals surface area contributed by atoms with Crippen molar-refractivity contribution in [2.45, 2.75) is 24.9 Å². The number of piperazine rings is 1. The maximum absolute atomic E-state index is 12.3. The van der Waals surface area contributed by atoms with Crippen LogP contribution in [0.5, 0.6) is 0 Å². The van der Waals surface area contributed by atoms with Crippen molar-refractivity contribution < 1.29 is 8.95 Å². The van der Waals surface area contributed by atoms with Gasteiger partial charge < -0.3 is 20.3 Å². The lowest BCUT2D eigenvalue weighted by molar-refractivity contribution is 0.0857. The largest absolute Gasteiger partial charge is 0.384 e. The van der Waals surface area contributed by atoms with Crippen molar-refractivity contribution in [3.63, 3.8) is 0 Å². The first kappa shape index (κ1) is 27.6. The molecule has 0 radical (unpaired) electrons. The molecule has 6 rings (SSSR count). The van der Waals surface area contributed by atoms with Crippen LogP contribution in [0, 0.1) is 22.7 Å². The fourth-order valence-corrected chi connectivity index (χ4v) is 6.58. The smallest absolute Gasteiger partial charge is 0.232 e. The first-order chi connectivity index (χ1) is 20.0. The van der Waals surface area contributed by atoms with E-state index in [2.05, 4.69) is 47.6 Å². The summed E-state index contributed by atoms with van der Waals surface area (Å²) in [6, 6.07) is 8.54. The Balaban J connectivity index is 1.17. The number of hydrogen-bond acceptors (Lipinski definition) is 11. The number of nitrogens with zero attached hydrogens (tertiary/aromatic N) is 9. The van der Waals surface area contributed by atoms with Crippen LogP contribution < -0.4 is 15.5 Å². The Bertz CT molecular complexity index is 1550. The molecule has 13 nitrogen and oxygen atoms in total. The minimum atomic E-state index is -0.994. The zero-order valence-corrected chi connectivity index (χ0v) is 24.2. The van der Waals surface area contributed by atoms with E-state index in [9.17, 15) is 14.7 Å². The Morgan fingerprint density at radius 1 is 1.15 bits per heavy atom. The molecule has 0 spiro atoms. The molecular weight excluding hydrogens is 566 g/mol.